The Labute approximate surface area is 181 Å². The molecule has 1 heterocycles. The van der Waals surface area contributed by atoms with E-state index in [-0.39, 0.29) is 17.9 Å². The normalized spacial score (nSPS) is 10.5. The number of Topliss-reactive ketones (excluding diaryl/α,β-unsaturated/α-hetero) is 1. The van der Waals surface area contributed by atoms with Crippen molar-refractivity contribution < 1.29 is 19.5 Å². The Balaban J connectivity index is 1.89. The number of rotatable bonds is 7. The van der Waals surface area contributed by atoms with Crippen molar-refractivity contribution in [1.82, 2.24) is 9.97 Å². The largest absolute Gasteiger partial charge is 0.478 e. The predicted octanol–water partition coefficient (Wildman–Crippen LogP) is 4.29. The Morgan fingerprint density at radius 2 is 1.60 bits per heavy atom. The molecule has 152 valence electrons. The summed E-state index contributed by atoms with van der Waals surface area (Å²) in [4.78, 5) is 45.6. The van der Waals surface area contributed by atoms with Gasteiger partial charge in [-0.1, -0.05) is 29.3 Å². The van der Waals surface area contributed by atoms with Crippen LogP contribution in [0.25, 0.3) is 0 Å². The fourth-order valence-corrected chi connectivity index (χ4v) is 3.00. The average Bonchev–Trinajstić information content (AvgIpc) is 2.75. The molecule has 3 aromatic rings. The van der Waals surface area contributed by atoms with Crippen molar-refractivity contribution in [2.75, 3.05) is 4.90 Å². The van der Waals surface area contributed by atoms with Gasteiger partial charge in [-0.2, -0.15) is 0 Å². The Kier molecular flexibility index (Phi) is 6.76. The number of nitrogens with zero attached hydrogens (tertiary/aromatic N) is 3. The summed E-state index contributed by atoms with van der Waals surface area (Å²) in [6.07, 6.45) is 2.39. The zero-order valence-corrected chi connectivity index (χ0v) is 17.0. The molecular weight excluding hydrogens is 429 g/mol. The molecule has 9 heteroatoms. The molecule has 1 aromatic heterocycles. The molecule has 0 aliphatic carbocycles. The smallest absolute Gasteiger partial charge is 0.335 e. The van der Waals surface area contributed by atoms with Gasteiger partial charge in [-0.3, -0.25) is 9.59 Å². The van der Waals surface area contributed by atoms with E-state index < -0.39 is 24.1 Å². The van der Waals surface area contributed by atoms with Crippen molar-refractivity contribution in [3.8, 4) is 0 Å². The maximum Gasteiger partial charge on any atom is 0.335 e. The topological polar surface area (TPSA) is 100 Å². The summed E-state index contributed by atoms with van der Waals surface area (Å²) in [5, 5.41) is 9.80. The Bertz CT molecular complexity index is 1090. The van der Waals surface area contributed by atoms with Crippen LogP contribution in [0.5, 0.6) is 0 Å². The third kappa shape index (κ3) is 5.20. The van der Waals surface area contributed by atoms with E-state index in [9.17, 15) is 14.4 Å². The number of benzene rings is 2. The van der Waals surface area contributed by atoms with Crippen LogP contribution in [-0.2, 0) is 11.3 Å². The first kappa shape index (κ1) is 21.4. The van der Waals surface area contributed by atoms with Gasteiger partial charge in [0.15, 0.2) is 5.82 Å². The van der Waals surface area contributed by atoms with Crippen LogP contribution in [0.1, 0.15) is 33.0 Å². The van der Waals surface area contributed by atoms with E-state index in [2.05, 4.69) is 9.97 Å². The zero-order valence-electron chi connectivity index (χ0n) is 15.5. The second kappa shape index (κ2) is 9.47. The van der Waals surface area contributed by atoms with E-state index in [1.807, 2.05) is 0 Å². The van der Waals surface area contributed by atoms with Crippen LogP contribution in [0.4, 0.5) is 5.69 Å². The van der Waals surface area contributed by atoms with Gasteiger partial charge in [0.05, 0.1) is 28.6 Å². The van der Waals surface area contributed by atoms with Gasteiger partial charge in [0, 0.05) is 18.1 Å². The monoisotopic (exact) mass is 443 g/mol. The van der Waals surface area contributed by atoms with E-state index in [4.69, 9.17) is 28.3 Å². The number of hydrogen-bond donors (Lipinski definition) is 1. The fraction of sp³-hybridized carbons (Fsp3) is 0.0952. The number of anilines is 1. The molecule has 0 aliphatic rings. The minimum atomic E-state index is -1.08. The van der Waals surface area contributed by atoms with Crippen LogP contribution in [0.3, 0.4) is 0 Å². The maximum absolute atomic E-state index is 13.0. The third-order valence-electron chi connectivity index (χ3n) is 4.18. The highest BCUT2D eigenvalue weighted by atomic mass is 35.5. The summed E-state index contributed by atoms with van der Waals surface area (Å²) < 4.78 is 0. The summed E-state index contributed by atoms with van der Waals surface area (Å²) in [5.41, 5.74) is 1.19. The number of amides is 1. The molecule has 1 N–H and O–H groups in total. The first-order chi connectivity index (χ1) is 14.3. The average molecular weight is 444 g/mol. The van der Waals surface area contributed by atoms with Gasteiger partial charge in [0.1, 0.15) is 0 Å². The van der Waals surface area contributed by atoms with E-state index in [1.165, 1.54) is 41.6 Å². The van der Waals surface area contributed by atoms with Crippen molar-refractivity contribution in [3.63, 3.8) is 0 Å². The SMILES string of the molecule is O=C(O)c1ccc(N(Cc2ccc(Cl)c(Cl)c2)C(=O)CC(=O)c2ncccn2)cc1. The van der Waals surface area contributed by atoms with Crippen molar-refractivity contribution in [2.24, 2.45) is 0 Å². The highest BCUT2D eigenvalue weighted by Gasteiger charge is 2.22. The second-order valence-electron chi connectivity index (χ2n) is 6.25. The lowest BCUT2D eigenvalue weighted by Crippen LogP contribution is -2.32. The molecule has 30 heavy (non-hydrogen) atoms. The summed E-state index contributed by atoms with van der Waals surface area (Å²) in [5.74, 6) is -2.16. The Morgan fingerprint density at radius 3 is 2.20 bits per heavy atom. The minimum absolute atomic E-state index is 0.0541. The third-order valence-corrected chi connectivity index (χ3v) is 4.92. The number of carboxylic acids is 1. The molecule has 0 spiro atoms. The number of aromatic carboxylic acids is 1. The molecule has 0 saturated carbocycles. The molecule has 0 atom stereocenters. The maximum atomic E-state index is 13.0. The molecule has 0 radical (unpaired) electrons. The number of carbonyl (C=O) groups excluding carboxylic acids is 2. The lowest BCUT2D eigenvalue weighted by molar-refractivity contribution is -0.117. The van der Waals surface area contributed by atoms with Crippen LogP contribution < -0.4 is 4.90 Å². The van der Waals surface area contributed by atoms with Gasteiger partial charge in [0.25, 0.3) is 0 Å². The van der Waals surface area contributed by atoms with Gasteiger partial charge in [-0.25, -0.2) is 14.8 Å². The number of ketones is 1. The Morgan fingerprint density at radius 1 is 0.933 bits per heavy atom. The molecule has 0 fully saturated rings. The van der Waals surface area contributed by atoms with E-state index >= 15 is 0 Å². The number of halogens is 2. The minimum Gasteiger partial charge on any atom is -0.478 e. The first-order valence-electron chi connectivity index (χ1n) is 8.73. The van der Waals surface area contributed by atoms with Crippen molar-refractivity contribution in [2.45, 2.75) is 13.0 Å². The van der Waals surface area contributed by atoms with Gasteiger partial charge in [-0.05, 0) is 48.0 Å². The molecule has 0 unspecified atom stereocenters. The predicted molar refractivity (Wildman–Crippen MR) is 112 cm³/mol. The van der Waals surface area contributed by atoms with E-state index in [0.29, 0.717) is 21.3 Å². The van der Waals surface area contributed by atoms with Crippen LogP contribution in [0.2, 0.25) is 10.0 Å². The molecule has 3 rings (SSSR count). The van der Waals surface area contributed by atoms with Gasteiger partial charge >= 0.3 is 5.97 Å². The molecule has 0 saturated heterocycles. The number of carboxylic acid groups (broad SMARTS) is 1. The molecule has 1 amide bonds. The summed E-state index contributed by atoms with van der Waals surface area (Å²) in [6, 6.07) is 12.3. The number of carbonyl (C=O) groups is 3. The van der Waals surface area contributed by atoms with Gasteiger partial charge in [-0.15, -0.1) is 0 Å². The quantitative estimate of drug-likeness (QED) is 0.431. The number of aromatic nitrogens is 2. The molecule has 0 bridgehead atoms. The van der Waals surface area contributed by atoms with E-state index in [0.717, 1.165) is 0 Å². The van der Waals surface area contributed by atoms with Crippen molar-refractivity contribution in [3.05, 3.63) is 87.9 Å². The van der Waals surface area contributed by atoms with Gasteiger partial charge < -0.3 is 10.0 Å². The first-order valence-corrected chi connectivity index (χ1v) is 9.48. The summed E-state index contributed by atoms with van der Waals surface area (Å²) >= 11 is 12.0. The zero-order chi connectivity index (χ0) is 21.7. The van der Waals surface area contributed by atoms with Gasteiger partial charge in [0.2, 0.25) is 11.7 Å². The van der Waals surface area contributed by atoms with Crippen LogP contribution in [0.15, 0.2) is 60.9 Å². The highest BCUT2D eigenvalue weighted by Crippen LogP contribution is 2.25. The van der Waals surface area contributed by atoms with E-state index in [1.54, 1.807) is 24.3 Å². The lowest BCUT2D eigenvalue weighted by Gasteiger charge is -2.23. The number of hydrogen-bond acceptors (Lipinski definition) is 5. The molecule has 0 aliphatic heterocycles. The van der Waals surface area contributed by atoms with Crippen LogP contribution in [-0.4, -0.2) is 32.7 Å². The highest BCUT2D eigenvalue weighted by molar-refractivity contribution is 6.42. The van der Waals surface area contributed by atoms with Crippen molar-refractivity contribution >= 4 is 46.5 Å². The molecule has 2 aromatic carbocycles. The van der Waals surface area contributed by atoms with Crippen LogP contribution in [0, 0.1) is 0 Å². The fourth-order valence-electron chi connectivity index (χ4n) is 2.68. The second-order valence-corrected chi connectivity index (χ2v) is 7.07. The molecular formula is C21H15Cl2N3O4. The summed E-state index contributed by atoms with van der Waals surface area (Å²) in [6.45, 7) is 0.102. The molecule has 7 nitrogen and oxygen atoms in total. The summed E-state index contributed by atoms with van der Waals surface area (Å²) in [7, 11) is 0. The van der Waals surface area contributed by atoms with Crippen molar-refractivity contribution in [1.29, 1.82) is 0 Å². The lowest BCUT2D eigenvalue weighted by atomic mass is 10.1. The Hall–Kier alpha value is -3.29. The van der Waals surface area contributed by atoms with Crippen LogP contribution >= 0.6 is 23.2 Å². The standard InChI is InChI=1S/C21H15Cl2N3O4/c22-16-7-2-13(10-17(16)23)12-26(15-5-3-14(4-6-15)21(29)30)19(28)11-18(27)20-24-8-1-9-25-20/h1-10H,11-12H2,(H,29,30).